The van der Waals surface area contributed by atoms with Crippen LogP contribution in [-0.2, 0) is 16.1 Å². The van der Waals surface area contributed by atoms with Crippen LogP contribution >= 0.6 is 11.8 Å². The number of para-hydroxylation sites is 3. The standard InChI is InChI=1S/C34H31N3O5S/c1-40-30-11-4-5-12-32(30)43-21-26-18-31(23-15-13-22(20-38)14-16-23)42-34(41-26)24-7-6-8-25(17-24)36-33(39)29-19-35-27-9-2-3-10-28(27)37-29/h2-17,19,26,31,34,38H,18,20-21H2,1H3,(H,36,39)/t26-,31+,34+/m0/s1. The van der Waals surface area contributed by atoms with E-state index in [9.17, 15) is 9.90 Å². The Hall–Kier alpha value is -4.28. The number of aromatic nitrogens is 2. The normalized spacial score (nSPS) is 18.3. The van der Waals surface area contributed by atoms with Crippen LogP contribution in [-0.4, -0.2) is 39.9 Å². The number of thioether (sulfide) groups is 1. The lowest BCUT2D eigenvalue weighted by atomic mass is 10.0. The minimum absolute atomic E-state index is 0.0149. The molecule has 1 aromatic heterocycles. The average molecular weight is 594 g/mol. The van der Waals surface area contributed by atoms with E-state index in [1.54, 1.807) is 18.9 Å². The lowest BCUT2D eigenvalue weighted by Crippen LogP contribution is -2.31. The zero-order valence-electron chi connectivity index (χ0n) is 23.6. The van der Waals surface area contributed by atoms with E-state index in [-0.39, 0.29) is 30.4 Å². The highest BCUT2D eigenvalue weighted by Crippen LogP contribution is 2.40. The molecule has 1 saturated heterocycles. The smallest absolute Gasteiger partial charge is 0.275 e. The van der Waals surface area contributed by atoms with Gasteiger partial charge in [0, 0.05) is 28.3 Å². The number of benzene rings is 4. The summed E-state index contributed by atoms with van der Waals surface area (Å²) in [4.78, 5) is 22.9. The molecule has 9 heteroatoms. The molecular weight excluding hydrogens is 562 g/mol. The second-order valence-electron chi connectivity index (χ2n) is 10.1. The highest BCUT2D eigenvalue weighted by molar-refractivity contribution is 7.99. The molecule has 1 fully saturated rings. The predicted octanol–water partition coefficient (Wildman–Crippen LogP) is 6.72. The zero-order chi connectivity index (χ0) is 29.6. The number of nitrogens with zero attached hydrogens (tertiary/aromatic N) is 2. The molecule has 5 aromatic rings. The summed E-state index contributed by atoms with van der Waals surface area (Å²) < 4.78 is 18.5. The molecule has 0 unspecified atom stereocenters. The number of methoxy groups -OCH3 is 1. The van der Waals surface area contributed by atoms with Gasteiger partial charge < -0.3 is 24.6 Å². The van der Waals surface area contributed by atoms with Crippen LogP contribution in [0.2, 0.25) is 0 Å². The maximum absolute atomic E-state index is 13.1. The Morgan fingerprint density at radius 2 is 1.74 bits per heavy atom. The average Bonchev–Trinajstić information content (AvgIpc) is 3.07. The molecule has 2 N–H and O–H groups in total. The summed E-state index contributed by atoms with van der Waals surface area (Å²) in [5.74, 6) is 1.17. The Balaban J connectivity index is 1.22. The van der Waals surface area contributed by atoms with Crippen LogP contribution in [0.15, 0.2) is 108 Å². The summed E-state index contributed by atoms with van der Waals surface area (Å²) >= 11 is 1.68. The number of rotatable bonds is 9. The Labute approximate surface area is 254 Å². The van der Waals surface area contributed by atoms with Gasteiger partial charge in [-0.05, 0) is 47.5 Å². The molecule has 0 radical (unpaired) electrons. The lowest BCUT2D eigenvalue weighted by Gasteiger charge is -2.36. The van der Waals surface area contributed by atoms with Crippen molar-refractivity contribution in [1.29, 1.82) is 0 Å². The van der Waals surface area contributed by atoms with Crippen molar-refractivity contribution in [3.8, 4) is 5.75 Å². The minimum Gasteiger partial charge on any atom is -0.496 e. The number of aliphatic hydroxyl groups excluding tert-OH is 1. The Morgan fingerprint density at radius 1 is 0.953 bits per heavy atom. The van der Waals surface area contributed by atoms with E-state index < -0.39 is 6.29 Å². The van der Waals surface area contributed by atoms with Crippen LogP contribution in [0.1, 0.15) is 46.0 Å². The van der Waals surface area contributed by atoms with E-state index in [4.69, 9.17) is 14.2 Å². The van der Waals surface area contributed by atoms with Crippen molar-refractivity contribution in [2.75, 3.05) is 18.2 Å². The highest BCUT2D eigenvalue weighted by Gasteiger charge is 2.32. The first-order valence-electron chi connectivity index (χ1n) is 14.0. The predicted molar refractivity (Wildman–Crippen MR) is 166 cm³/mol. The van der Waals surface area contributed by atoms with Gasteiger partial charge in [0.25, 0.3) is 5.91 Å². The monoisotopic (exact) mass is 593 g/mol. The van der Waals surface area contributed by atoms with E-state index in [0.29, 0.717) is 23.4 Å². The van der Waals surface area contributed by atoms with Crippen molar-refractivity contribution in [3.05, 3.63) is 126 Å². The van der Waals surface area contributed by atoms with Crippen LogP contribution in [0.25, 0.3) is 11.0 Å². The number of amides is 1. The SMILES string of the molecule is COc1ccccc1SC[C@@H]1C[C@H](c2ccc(CO)cc2)O[C@H](c2cccc(NC(=O)c3cnc4ccccc4n3)c2)O1. The van der Waals surface area contributed by atoms with Crippen molar-refractivity contribution in [1.82, 2.24) is 9.97 Å². The first-order chi connectivity index (χ1) is 21.1. The Kier molecular flexibility index (Phi) is 8.95. The van der Waals surface area contributed by atoms with Crippen molar-refractivity contribution in [3.63, 3.8) is 0 Å². The molecule has 1 aliphatic heterocycles. The van der Waals surface area contributed by atoms with Crippen molar-refractivity contribution < 1.29 is 24.1 Å². The molecule has 0 saturated carbocycles. The van der Waals surface area contributed by atoms with Gasteiger partial charge in [-0.25, -0.2) is 4.98 Å². The first-order valence-corrected chi connectivity index (χ1v) is 15.0. The van der Waals surface area contributed by atoms with Gasteiger partial charge in [0.2, 0.25) is 0 Å². The Morgan fingerprint density at radius 3 is 2.56 bits per heavy atom. The van der Waals surface area contributed by atoms with E-state index in [1.807, 2.05) is 97.1 Å². The van der Waals surface area contributed by atoms with Crippen LogP contribution in [0.4, 0.5) is 5.69 Å². The van der Waals surface area contributed by atoms with E-state index in [0.717, 1.165) is 32.9 Å². The number of hydrogen-bond donors (Lipinski definition) is 2. The minimum atomic E-state index is -0.656. The fraction of sp³-hybridized carbons (Fsp3) is 0.206. The second kappa shape index (κ2) is 13.4. The fourth-order valence-corrected chi connectivity index (χ4v) is 6.02. The number of ether oxygens (including phenoxy) is 3. The Bertz CT molecular complexity index is 1710. The largest absolute Gasteiger partial charge is 0.496 e. The van der Waals surface area contributed by atoms with E-state index in [2.05, 4.69) is 15.3 Å². The maximum Gasteiger partial charge on any atom is 0.275 e. The molecule has 0 aliphatic carbocycles. The molecule has 43 heavy (non-hydrogen) atoms. The molecule has 3 atom stereocenters. The molecule has 2 heterocycles. The number of carbonyl (C=O) groups is 1. The first kappa shape index (κ1) is 28.8. The molecule has 0 bridgehead atoms. The summed E-state index contributed by atoms with van der Waals surface area (Å²) in [5, 5.41) is 12.4. The third-order valence-electron chi connectivity index (χ3n) is 7.21. The maximum atomic E-state index is 13.1. The molecule has 0 spiro atoms. The molecule has 4 aromatic carbocycles. The van der Waals surface area contributed by atoms with Crippen LogP contribution in [0.3, 0.4) is 0 Å². The number of nitrogens with one attached hydrogen (secondary N) is 1. The van der Waals surface area contributed by atoms with Crippen molar-refractivity contribution in [2.24, 2.45) is 0 Å². The van der Waals surface area contributed by atoms with Crippen LogP contribution in [0.5, 0.6) is 5.75 Å². The number of aliphatic hydroxyl groups is 1. The molecule has 1 amide bonds. The lowest BCUT2D eigenvalue weighted by molar-refractivity contribution is -0.245. The summed E-state index contributed by atoms with van der Waals surface area (Å²) in [6.45, 7) is -0.0149. The number of hydrogen-bond acceptors (Lipinski definition) is 8. The number of carbonyl (C=O) groups excluding carboxylic acids is 1. The second-order valence-corrected chi connectivity index (χ2v) is 11.2. The fourth-order valence-electron chi connectivity index (χ4n) is 4.97. The van der Waals surface area contributed by atoms with Gasteiger partial charge in [0.15, 0.2) is 6.29 Å². The number of anilines is 1. The van der Waals surface area contributed by atoms with Gasteiger partial charge >= 0.3 is 0 Å². The molecule has 1 aliphatic rings. The summed E-state index contributed by atoms with van der Waals surface area (Å²) in [6, 6.07) is 30.6. The third kappa shape index (κ3) is 6.87. The summed E-state index contributed by atoms with van der Waals surface area (Å²) in [7, 11) is 1.67. The zero-order valence-corrected chi connectivity index (χ0v) is 24.4. The van der Waals surface area contributed by atoms with Gasteiger partial charge in [0.1, 0.15) is 11.4 Å². The summed E-state index contributed by atoms with van der Waals surface area (Å²) in [5.41, 5.74) is 4.85. The van der Waals surface area contributed by atoms with Gasteiger partial charge in [-0.15, -0.1) is 11.8 Å². The van der Waals surface area contributed by atoms with Gasteiger partial charge in [-0.2, -0.15) is 0 Å². The van der Waals surface area contributed by atoms with E-state index in [1.165, 1.54) is 6.20 Å². The van der Waals surface area contributed by atoms with Gasteiger partial charge in [-0.3, -0.25) is 9.78 Å². The topological polar surface area (TPSA) is 103 Å². The molecular formula is C34H31N3O5S. The number of fused-ring (bicyclic) bond motifs is 1. The quantitative estimate of drug-likeness (QED) is 0.182. The van der Waals surface area contributed by atoms with Crippen LogP contribution in [0, 0.1) is 0 Å². The highest BCUT2D eigenvalue weighted by atomic mass is 32.2. The molecule has 6 rings (SSSR count). The van der Waals surface area contributed by atoms with Gasteiger partial charge in [-0.1, -0.05) is 60.7 Å². The van der Waals surface area contributed by atoms with Crippen molar-refractivity contribution in [2.45, 2.75) is 36.4 Å². The van der Waals surface area contributed by atoms with E-state index >= 15 is 0 Å². The van der Waals surface area contributed by atoms with Crippen LogP contribution < -0.4 is 10.1 Å². The van der Waals surface area contributed by atoms with Gasteiger partial charge in [0.05, 0.1) is 43.2 Å². The van der Waals surface area contributed by atoms with Crippen molar-refractivity contribution >= 4 is 34.4 Å². The molecule has 218 valence electrons. The third-order valence-corrected chi connectivity index (χ3v) is 8.39. The molecule has 8 nitrogen and oxygen atoms in total. The summed E-state index contributed by atoms with van der Waals surface area (Å²) in [6.07, 6.45) is 1.14.